The number of benzene rings is 3. The highest BCUT2D eigenvalue weighted by molar-refractivity contribution is 14.1. The molecule has 0 fully saturated rings. The molecule has 0 bridgehead atoms. The Morgan fingerprint density at radius 3 is 2.81 bits per heavy atom. The Labute approximate surface area is 171 Å². The molecule has 3 aromatic rings. The molecule has 6 heteroatoms. The van der Waals surface area contributed by atoms with Gasteiger partial charge in [-0.1, -0.05) is 37.3 Å². The van der Waals surface area contributed by atoms with Crippen molar-refractivity contribution in [3.05, 3.63) is 69.3 Å². The number of hydrazone groups is 1. The normalized spacial score (nSPS) is 11.0. The number of halogens is 1. The average molecular weight is 474 g/mol. The van der Waals surface area contributed by atoms with Gasteiger partial charge in [0.1, 0.15) is 11.5 Å². The summed E-state index contributed by atoms with van der Waals surface area (Å²) in [5, 5.41) is 15.9. The van der Waals surface area contributed by atoms with Crippen LogP contribution in [-0.2, 0) is 0 Å². The number of amides is 1. The molecule has 0 spiro atoms. The third-order valence-corrected chi connectivity index (χ3v) is 4.87. The van der Waals surface area contributed by atoms with Gasteiger partial charge in [-0.15, -0.1) is 0 Å². The van der Waals surface area contributed by atoms with E-state index in [-0.39, 0.29) is 5.75 Å². The van der Waals surface area contributed by atoms with Crippen molar-refractivity contribution >= 4 is 45.5 Å². The number of hydrogen-bond acceptors (Lipinski definition) is 4. The van der Waals surface area contributed by atoms with Crippen molar-refractivity contribution in [3.63, 3.8) is 0 Å². The molecular weight excluding hydrogens is 455 g/mol. The molecule has 0 heterocycles. The van der Waals surface area contributed by atoms with E-state index in [2.05, 4.69) is 10.5 Å². The minimum Gasteiger partial charge on any atom is -0.507 e. The molecule has 3 rings (SSSR count). The van der Waals surface area contributed by atoms with Gasteiger partial charge in [0, 0.05) is 11.1 Å². The molecule has 0 aliphatic heterocycles. The summed E-state index contributed by atoms with van der Waals surface area (Å²) in [4.78, 5) is 12.2. The summed E-state index contributed by atoms with van der Waals surface area (Å²) in [7, 11) is 0. The molecule has 0 aliphatic carbocycles. The minimum atomic E-state index is -0.394. The molecule has 2 N–H and O–H groups in total. The lowest BCUT2D eigenvalue weighted by Gasteiger charge is -2.11. The van der Waals surface area contributed by atoms with E-state index >= 15 is 0 Å². The Bertz CT molecular complexity index is 1000. The number of fused-ring (bicyclic) bond motifs is 1. The predicted molar refractivity (Wildman–Crippen MR) is 116 cm³/mol. The molecule has 0 unspecified atom stereocenters. The molecule has 0 radical (unpaired) electrons. The minimum absolute atomic E-state index is 0.0662. The first kappa shape index (κ1) is 19.2. The van der Waals surface area contributed by atoms with E-state index in [1.807, 2.05) is 65.9 Å². The number of carbonyl (C=O) groups excluding carboxylic acids is 1. The Balaban J connectivity index is 1.85. The first-order chi connectivity index (χ1) is 13.1. The monoisotopic (exact) mass is 474 g/mol. The fraction of sp³-hybridized carbons (Fsp3) is 0.143. The standard InChI is InChI=1S/C21H19IN2O3/c1-2-11-27-20-10-8-14-5-3-4-6-16(14)17(20)13-23-24-21(26)15-7-9-18(22)19(25)12-15/h3-10,12-13,25H,2,11H2,1H3,(H,24,26)/b23-13-. The number of rotatable bonds is 6. The second kappa shape index (κ2) is 8.85. The first-order valence-electron chi connectivity index (χ1n) is 8.56. The van der Waals surface area contributed by atoms with Crippen molar-refractivity contribution in [2.75, 3.05) is 6.61 Å². The summed E-state index contributed by atoms with van der Waals surface area (Å²) in [5.74, 6) is 0.395. The van der Waals surface area contributed by atoms with Crippen molar-refractivity contribution in [1.82, 2.24) is 5.43 Å². The topological polar surface area (TPSA) is 70.9 Å². The van der Waals surface area contributed by atoms with Crippen LogP contribution in [0.15, 0.2) is 59.7 Å². The summed E-state index contributed by atoms with van der Waals surface area (Å²) in [6.07, 6.45) is 2.49. The molecule has 3 aromatic carbocycles. The van der Waals surface area contributed by atoms with Gasteiger partial charge < -0.3 is 9.84 Å². The van der Waals surface area contributed by atoms with E-state index in [9.17, 15) is 9.90 Å². The maximum atomic E-state index is 12.2. The lowest BCUT2D eigenvalue weighted by atomic mass is 10.0. The van der Waals surface area contributed by atoms with Crippen LogP contribution in [-0.4, -0.2) is 23.8 Å². The van der Waals surface area contributed by atoms with Crippen LogP contribution in [0.2, 0.25) is 0 Å². The van der Waals surface area contributed by atoms with Gasteiger partial charge >= 0.3 is 0 Å². The molecule has 1 amide bonds. The van der Waals surface area contributed by atoms with Crippen LogP contribution < -0.4 is 10.2 Å². The zero-order valence-electron chi connectivity index (χ0n) is 14.8. The largest absolute Gasteiger partial charge is 0.507 e. The van der Waals surface area contributed by atoms with Gasteiger partial charge in [-0.05, 0) is 64.0 Å². The highest BCUT2D eigenvalue weighted by atomic mass is 127. The van der Waals surface area contributed by atoms with Crippen molar-refractivity contribution < 1.29 is 14.6 Å². The Morgan fingerprint density at radius 2 is 2.04 bits per heavy atom. The van der Waals surface area contributed by atoms with Crippen LogP contribution in [0.25, 0.3) is 10.8 Å². The first-order valence-corrected chi connectivity index (χ1v) is 9.64. The van der Waals surface area contributed by atoms with Crippen molar-refractivity contribution in [1.29, 1.82) is 0 Å². The summed E-state index contributed by atoms with van der Waals surface area (Å²) >= 11 is 2.00. The van der Waals surface area contributed by atoms with E-state index in [4.69, 9.17) is 4.74 Å². The third kappa shape index (κ3) is 4.57. The van der Waals surface area contributed by atoms with Crippen LogP contribution in [0.3, 0.4) is 0 Å². The zero-order valence-corrected chi connectivity index (χ0v) is 16.9. The van der Waals surface area contributed by atoms with Gasteiger partial charge in [0.25, 0.3) is 5.91 Å². The number of nitrogens with zero attached hydrogens (tertiary/aromatic N) is 1. The van der Waals surface area contributed by atoms with Crippen LogP contribution in [0.5, 0.6) is 11.5 Å². The summed E-state index contributed by atoms with van der Waals surface area (Å²) in [6, 6.07) is 16.6. The van der Waals surface area contributed by atoms with Gasteiger partial charge in [-0.2, -0.15) is 5.10 Å². The van der Waals surface area contributed by atoms with E-state index in [0.717, 1.165) is 28.5 Å². The average Bonchev–Trinajstić information content (AvgIpc) is 2.69. The maximum absolute atomic E-state index is 12.2. The van der Waals surface area contributed by atoms with Gasteiger partial charge in [-0.3, -0.25) is 4.79 Å². The van der Waals surface area contributed by atoms with Crippen LogP contribution in [0.1, 0.15) is 29.3 Å². The van der Waals surface area contributed by atoms with Crippen LogP contribution in [0, 0.1) is 3.57 Å². The number of phenolic OH excluding ortho intramolecular Hbond substituents is 1. The highest BCUT2D eigenvalue weighted by Gasteiger charge is 2.09. The molecular formula is C21H19IN2O3. The smallest absolute Gasteiger partial charge is 0.271 e. The second-order valence-electron chi connectivity index (χ2n) is 5.91. The quantitative estimate of drug-likeness (QED) is 0.309. The zero-order chi connectivity index (χ0) is 19.2. The van der Waals surface area contributed by atoms with Crippen molar-refractivity contribution in [2.45, 2.75) is 13.3 Å². The molecule has 27 heavy (non-hydrogen) atoms. The van der Waals surface area contributed by atoms with E-state index in [1.165, 1.54) is 6.07 Å². The number of hydrogen-bond donors (Lipinski definition) is 2. The van der Waals surface area contributed by atoms with Crippen molar-refractivity contribution in [3.8, 4) is 11.5 Å². The lowest BCUT2D eigenvalue weighted by Crippen LogP contribution is -2.17. The molecule has 0 aliphatic rings. The SMILES string of the molecule is CCCOc1ccc2ccccc2c1/C=N\NC(=O)c1ccc(I)c(O)c1. The summed E-state index contributed by atoms with van der Waals surface area (Å²) < 4.78 is 6.51. The Kier molecular flexibility index (Phi) is 6.28. The molecule has 5 nitrogen and oxygen atoms in total. The van der Waals surface area contributed by atoms with E-state index in [1.54, 1.807) is 18.3 Å². The lowest BCUT2D eigenvalue weighted by molar-refractivity contribution is 0.0954. The fourth-order valence-electron chi connectivity index (χ4n) is 2.62. The third-order valence-electron chi connectivity index (χ3n) is 3.96. The van der Waals surface area contributed by atoms with E-state index < -0.39 is 5.91 Å². The Hall–Kier alpha value is -2.61. The van der Waals surface area contributed by atoms with Gasteiger partial charge in [-0.25, -0.2) is 5.43 Å². The van der Waals surface area contributed by atoms with E-state index in [0.29, 0.717) is 15.7 Å². The van der Waals surface area contributed by atoms with Crippen LogP contribution >= 0.6 is 22.6 Å². The van der Waals surface area contributed by atoms with Crippen molar-refractivity contribution in [2.24, 2.45) is 5.10 Å². The molecule has 0 saturated carbocycles. The molecule has 138 valence electrons. The number of nitrogens with one attached hydrogen (secondary N) is 1. The predicted octanol–water partition coefficient (Wildman–Crippen LogP) is 4.70. The fourth-order valence-corrected chi connectivity index (χ4v) is 2.96. The molecule has 0 atom stereocenters. The highest BCUT2D eigenvalue weighted by Crippen LogP contribution is 2.27. The Morgan fingerprint density at radius 1 is 1.22 bits per heavy atom. The van der Waals surface area contributed by atoms with Gasteiger partial charge in [0.05, 0.1) is 16.4 Å². The number of ether oxygens (including phenoxy) is 1. The van der Waals surface area contributed by atoms with Crippen LogP contribution in [0.4, 0.5) is 0 Å². The molecule has 0 aromatic heterocycles. The number of phenols is 1. The second-order valence-corrected chi connectivity index (χ2v) is 7.07. The van der Waals surface area contributed by atoms with Gasteiger partial charge in [0.2, 0.25) is 0 Å². The van der Waals surface area contributed by atoms with Gasteiger partial charge in [0.15, 0.2) is 0 Å². The number of carbonyl (C=O) groups is 1. The molecule has 0 saturated heterocycles. The summed E-state index contributed by atoms with van der Waals surface area (Å²) in [5.41, 5.74) is 3.65. The number of aromatic hydroxyl groups is 1. The maximum Gasteiger partial charge on any atom is 0.271 e. The summed E-state index contributed by atoms with van der Waals surface area (Å²) in [6.45, 7) is 2.65.